The molecular formula is C8H18N2S. The molecule has 1 heterocycles. The van der Waals surface area contributed by atoms with Crippen molar-refractivity contribution in [3.63, 3.8) is 0 Å². The van der Waals surface area contributed by atoms with Gasteiger partial charge in [0.25, 0.3) is 0 Å². The Kier molecular flexibility index (Phi) is 4.99. The molecule has 1 saturated heterocycles. The molecule has 1 rings (SSSR count). The van der Waals surface area contributed by atoms with Crippen LogP contribution in [0.25, 0.3) is 0 Å². The van der Waals surface area contributed by atoms with Crippen molar-refractivity contribution in [2.45, 2.75) is 24.5 Å². The minimum Gasteiger partial charge on any atom is -0.330 e. The summed E-state index contributed by atoms with van der Waals surface area (Å²) in [7, 11) is 0. The molecule has 1 aliphatic heterocycles. The topological polar surface area (TPSA) is 38.0 Å². The molecule has 0 saturated carbocycles. The first-order valence-corrected chi connectivity index (χ1v) is 5.50. The van der Waals surface area contributed by atoms with E-state index in [9.17, 15) is 0 Å². The lowest BCUT2D eigenvalue weighted by Gasteiger charge is -2.08. The van der Waals surface area contributed by atoms with Gasteiger partial charge in [-0.05, 0) is 38.1 Å². The van der Waals surface area contributed by atoms with Crippen molar-refractivity contribution in [2.24, 2.45) is 5.73 Å². The molecule has 3 heteroatoms. The number of thioether (sulfide) groups is 1. The fraction of sp³-hybridized carbons (Fsp3) is 1.00. The molecule has 0 aromatic heterocycles. The van der Waals surface area contributed by atoms with E-state index in [-0.39, 0.29) is 0 Å². The highest BCUT2D eigenvalue weighted by Gasteiger charge is 2.13. The lowest BCUT2D eigenvalue weighted by Crippen LogP contribution is -2.25. The van der Waals surface area contributed by atoms with E-state index in [1.165, 1.54) is 25.1 Å². The van der Waals surface area contributed by atoms with E-state index in [4.69, 9.17) is 5.73 Å². The highest BCUT2D eigenvalue weighted by Crippen LogP contribution is 2.24. The third-order valence-corrected chi connectivity index (χ3v) is 3.35. The van der Waals surface area contributed by atoms with Gasteiger partial charge in [-0.3, -0.25) is 0 Å². The molecule has 0 aromatic rings. The maximum Gasteiger partial charge on any atom is 0.0172 e. The predicted molar refractivity (Wildman–Crippen MR) is 52.0 cm³/mol. The van der Waals surface area contributed by atoms with E-state index in [1.54, 1.807) is 0 Å². The summed E-state index contributed by atoms with van der Waals surface area (Å²) in [5.74, 6) is 1.36. The molecular weight excluding hydrogens is 156 g/mol. The van der Waals surface area contributed by atoms with Gasteiger partial charge in [-0.15, -0.1) is 0 Å². The maximum atomic E-state index is 5.38. The Morgan fingerprint density at radius 1 is 1.55 bits per heavy atom. The summed E-state index contributed by atoms with van der Waals surface area (Å²) in [6.07, 6.45) is 3.92. The third-order valence-electron chi connectivity index (χ3n) is 1.95. The van der Waals surface area contributed by atoms with Gasteiger partial charge in [0.05, 0.1) is 0 Å². The second kappa shape index (κ2) is 5.86. The van der Waals surface area contributed by atoms with Crippen LogP contribution < -0.4 is 11.1 Å². The normalized spacial score (nSPS) is 24.3. The summed E-state index contributed by atoms with van der Waals surface area (Å²) >= 11 is 2.11. The standard InChI is InChI=1S/C8H18N2S/c9-4-2-5-10-7-8-3-1-6-11-8/h8,10H,1-7,9H2. The second-order valence-electron chi connectivity index (χ2n) is 2.98. The number of hydrogen-bond donors (Lipinski definition) is 2. The summed E-state index contributed by atoms with van der Waals surface area (Å²) in [5, 5.41) is 4.31. The van der Waals surface area contributed by atoms with Crippen LogP contribution in [0.1, 0.15) is 19.3 Å². The van der Waals surface area contributed by atoms with E-state index >= 15 is 0 Å². The van der Waals surface area contributed by atoms with E-state index in [0.29, 0.717) is 0 Å². The van der Waals surface area contributed by atoms with Crippen molar-refractivity contribution < 1.29 is 0 Å². The zero-order valence-electron chi connectivity index (χ0n) is 7.01. The molecule has 3 N–H and O–H groups in total. The molecule has 66 valence electrons. The third kappa shape index (κ3) is 3.99. The first kappa shape index (κ1) is 9.36. The van der Waals surface area contributed by atoms with Crippen molar-refractivity contribution in [2.75, 3.05) is 25.4 Å². The SMILES string of the molecule is NCCCNCC1CCCS1. The zero-order chi connectivity index (χ0) is 7.94. The van der Waals surface area contributed by atoms with Crippen LogP contribution in [0.5, 0.6) is 0 Å². The Labute approximate surface area is 73.3 Å². The molecule has 11 heavy (non-hydrogen) atoms. The Morgan fingerprint density at radius 3 is 3.09 bits per heavy atom. The first-order valence-electron chi connectivity index (χ1n) is 4.46. The Hall–Kier alpha value is 0.270. The average Bonchev–Trinajstić information content (AvgIpc) is 2.50. The number of nitrogens with two attached hydrogens (primary N) is 1. The molecule has 1 atom stereocenters. The minimum absolute atomic E-state index is 0.810. The summed E-state index contributed by atoms with van der Waals surface area (Å²) in [6, 6.07) is 0. The Bertz CT molecular complexity index is 92.1. The molecule has 2 nitrogen and oxygen atoms in total. The summed E-state index contributed by atoms with van der Waals surface area (Å²) in [6.45, 7) is 3.09. The Balaban J connectivity index is 1.86. The number of hydrogen-bond acceptors (Lipinski definition) is 3. The van der Waals surface area contributed by atoms with Crippen molar-refractivity contribution in [3.05, 3.63) is 0 Å². The van der Waals surface area contributed by atoms with Crippen LogP contribution >= 0.6 is 11.8 Å². The van der Waals surface area contributed by atoms with Crippen LogP contribution in [0, 0.1) is 0 Å². The highest BCUT2D eigenvalue weighted by molar-refractivity contribution is 8.00. The molecule has 0 spiro atoms. The van der Waals surface area contributed by atoms with Gasteiger partial charge in [-0.2, -0.15) is 11.8 Å². The largest absolute Gasteiger partial charge is 0.330 e. The van der Waals surface area contributed by atoms with Gasteiger partial charge >= 0.3 is 0 Å². The highest BCUT2D eigenvalue weighted by atomic mass is 32.2. The fourth-order valence-corrected chi connectivity index (χ4v) is 2.53. The maximum absolute atomic E-state index is 5.38. The van der Waals surface area contributed by atoms with Crippen LogP contribution in [0.2, 0.25) is 0 Å². The van der Waals surface area contributed by atoms with Crippen molar-refractivity contribution in [1.82, 2.24) is 5.32 Å². The van der Waals surface area contributed by atoms with Crippen LogP contribution in [0.4, 0.5) is 0 Å². The van der Waals surface area contributed by atoms with Gasteiger partial charge in [0.2, 0.25) is 0 Å². The number of nitrogens with one attached hydrogen (secondary N) is 1. The van der Waals surface area contributed by atoms with Gasteiger partial charge in [-0.25, -0.2) is 0 Å². The van der Waals surface area contributed by atoms with Crippen molar-refractivity contribution in [3.8, 4) is 0 Å². The lowest BCUT2D eigenvalue weighted by molar-refractivity contribution is 0.625. The predicted octanol–water partition coefficient (Wildman–Crippen LogP) is 0.820. The van der Waals surface area contributed by atoms with Gasteiger partial charge in [0, 0.05) is 11.8 Å². The monoisotopic (exact) mass is 174 g/mol. The molecule has 0 bridgehead atoms. The molecule has 1 fully saturated rings. The van der Waals surface area contributed by atoms with Crippen LogP contribution in [0.15, 0.2) is 0 Å². The first-order chi connectivity index (χ1) is 5.43. The lowest BCUT2D eigenvalue weighted by atomic mass is 10.2. The van der Waals surface area contributed by atoms with E-state index in [1.807, 2.05) is 0 Å². The summed E-state index contributed by atoms with van der Waals surface area (Å²) in [4.78, 5) is 0. The van der Waals surface area contributed by atoms with E-state index < -0.39 is 0 Å². The van der Waals surface area contributed by atoms with Crippen molar-refractivity contribution in [1.29, 1.82) is 0 Å². The van der Waals surface area contributed by atoms with Crippen LogP contribution in [-0.4, -0.2) is 30.6 Å². The summed E-state index contributed by atoms with van der Waals surface area (Å²) < 4.78 is 0. The Morgan fingerprint density at radius 2 is 2.45 bits per heavy atom. The van der Waals surface area contributed by atoms with Crippen LogP contribution in [-0.2, 0) is 0 Å². The molecule has 0 aromatic carbocycles. The molecule has 1 unspecified atom stereocenters. The quantitative estimate of drug-likeness (QED) is 0.606. The van der Waals surface area contributed by atoms with Gasteiger partial charge in [-0.1, -0.05) is 0 Å². The molecule has 0 aliphatic carbocycles. The second-order valence-corrected chi connectivity index (χ2v) is 4.39. The molecule has 1 aliphatic rings. The number of rotatable bonds is 5. The van der Waals surface area contributed by atoms with Crippen molar-refractivity contribution >= 4 is 11.8 Å². The van der Waals surface area contributed by atoms with E-state index in [2.05, 4.69) is 17.1 Å². The van der Waals surface area contributed by atoms with Crippen LogP contribution in [0.3, 0.4) is 0 Å². The van der Waals surface area contributed by atoms with E-state index in [0.717, 1.165) is 24.8 Å². The van der Waals surface area contributed by atoms with Gasteiger partial charge in [0.15, 0.2) is 0 Å². The fourth-order valence-electron chi connectivity index (χ4n) is 1.30. The summed E-state index contributed by atoms with van der Waals surface area (Å²) in [5.41, 5.74) is 5.38. The minimum atomic E-state index is 0.810. The molecule has 0 amide bonds. The van der Waals surface area contributed by atoms with Gasteiger partial charge in [0.1, 0.15) is 0 Å². The average molecular weight is 174 g/mol. The molecule has 0 radical (unpaired) electrons. The smallest absolute Gasteiger partial charge is 0.0172 e. The van der Waals surface area contributed by atoms with Gasteiger partial charge < -0.3 is 11.1 Å². The zero-order valence-corrected chi connectivity index (χ0v) is 7.83.